The van der Waals surface area contributed by atoms with Gasteiger partial charge in [0.15, 0.2) is 0 Å². The number of rotatable bonds is 6. The van der Waals surface area contributed by atoms with E-state index in [-0.39, 0.29) is 18.2 Å². The molecule has 3 atom stereocenters. The first-order valence-electron chi connectivity index (χ1n) is 11.7. The number of imide groups is 1. The summed E-state index contributed by atoms with van der Waals surface area (Å²) in [4.78, 5) is 34.2. The highest BCUT2D eigenvalue weighted by molar-refractivity contribution is 6.00. The molecule has 5 rings (SSSR count). The lowest BCUT2D eigenvalue weighted by Gasteiger charge is -2.44. The Hall–Kier alpha value is -3.30. The van der Waals surface area contributed by atoms with E-state index in [1.54, 1.807) is 26.2 Å². The lowest BCUT2D eigenvalue weighted by Crippen LogP contribution is -2.66. The van der Waals surface area contributed by atoms with Crippen molar-refractivity contribution in [3.05, 3.63) is 54.1 Å². The zero-order chi connectivity index (χ0) is 23.8. The van der Waals surface area contributed by atoms with E-state index < -0.39 is 12.2 Å². The van der Waals surface area contributed by atoms with Crippen molar-refractivity contribution in [1.29, 1.82) is 0 Å². The minimum absolute atomic E-state index is 0.140. The summed E-state index contributed by atoms with van der Waals surface area (Å²) in [5.74, 6) is 1.33. The molecular weight excluding hydrogens is 434 g/mol. The second-order valence-corrected chi connectivity index (χ2v) is 8.87. The zero-order valence-corrected chi connectivity index (χ0v) is 19.8. The van der Waals surface area contributed by atoms with E-state index >= 15 is 0 Å². The second-order valence-electron chi connectivity index (χ2n) is 8.87. The monoisotopic (exact) mass is 465 g/mol. The van der Waals surface area contributed by atoms with E-state index in [4.69, 9.17) is 9.47 Å². The summed E-state index contributed by atoms with van der Waals surface area (Å²) < 4.78 is 11.1. The number of ether oxygens (including phenoxy) is 2. The molecule has 3 amide bonds. The number of amides is 3. The third-order valence-electron chi connectivity index (χ3n) is 7.03. The summed E-state index contributed by atoms with van der Waals surface area (Å²) in [5, 5.41) is 3.55. The summed E-state index contributed by atoms with van der Waals surface area (Å²) in [6.07, 6.45) is 0.887. The van der Waals surface area contributed by atoms with Crippen molar-refractivity contribution < 1.29 is 19.1 Å². The molecule has 9 heteroatoms. The van der Waals surface area contributed by atoms with Crippen LogP contribution in [-0.4, -0.2) is 86.0 Å². The number of hydrogen-bond donors (Lipinski definition) is 1. The Morgan fingerprint density at radius 3 is 2.56 bits per heavy atom. The summed E-state index contributed by atoms with van der Waals surface area (Å²) in [6.45, 7) is 1.92. The van der Waals surface area contributed by atoms with Crippen molar-refractivity contribution >= 4 is 17.6 Å². The predicted octanol–water partition coefficient (Wildman–Crippen LogP) is 1.93. The Balaban J connectivity index is 1.41. The average Bonchev–Trinajstić information content (AvgIpc) is 3.28. The molecular formula is C25H31N5O4. The van der Waals surface area contributed by atoms with Crippen molar-refractivity contribution in [3.63, 3.8) is 0 Å². The van der Waals surface area contributed by atoms with E-state index in [9.17, 15) is 9.59 Å². The van der Waals surface area contributed by atoms with Gasteiger partial charge in [0.05, 0.1) is 19.9 Å². The highest BCUT2D eigenvalue weighted by Gasteiger charge is 2.56. The molecule has 3 saturated heterocycles. The molecule has 0 bridgehead atoms. The maximum absolute atomic E-state index is 13.6. The molecule has 1 N–H and O–H groups in total. The second kappa shape index (κ2) is 9.15. The van der Waals surface area contributed by atoms with Crippen LogP contribution in [0.2, 0.25) is 0 Å². The maximum atomic E-state index is 13.6. The Morgan fingerprint density at radius 2 is 1.82 bits per heavy atom. The van der Waals surface area contributed by atoms with Crippen LogP contribution in [0.5, 0.6) is 11.5 Å². The molecule has 2 aromatic rings. The summed E-state index contributed by atoms with van der Waals surface area (Å²) in [5.41, 5.74) is 2.00. The number of fused-ring (bicyclic) bond motifs is 3. The standard InChI is InChI=1S/C25H31N5O4/c1-27-22-21(23(31)30(25(27)32)15-12-17-8-5-4-6-9-17)29-14-7-13-28(24(29)26-22)19-16-18(33-2)10-11-20(19)34-3/h4-6,8-11,16,21-22,24,26H,7,12-15H2,1-3H3. The van der Waals surface area contributed by atoms with E-state index in [2.05, 4.69) is 15.1 Å². The fourth-order valence-electron chi connectivity index (χ4n) is 5.28. The first-order chi connectivity index (χ1) is 16.5. The first kappa shape index (κ1) is 22.5. The molecule has 0 aromatic heterocycles. The number of likely N-dealkylation sites (N-methyl/N-ethyl adjacent to an activating group) is 1. The predicted molar refractivity (Wildman–Crippen MR) is 128 cm³/mol. The quantitative estimate of drug-likeness (QED) is 0.699. The van der Waals surface area contributed by atoms with Crippen molar-refractivity contribution in [1.82, 2.24) is 20.0 Å². The lowest BCUT2D eigenvalue weighted by atomic mass is 10.1. The van der Waals surface area contributed by atoms with Gasteiger partial charge in [-0.05, 0) is 30.5 Å². The van der Waals surface area contributed by atoms with Crippen LogP contribution in [0, 0.1) is 0 Å². The lowest BCUT2D eigenvalue weighted by molar-refractivity contribution is -0.138. The Bertz CT molecular complexity index is 1060. The van der Waals surface area contributed by atoms with Gasteiger partial charge in [-0.1, -0.05) is 30.3 Å². The van der Waals surface area contributed by atoms with Crippen molar-refractivity contribution in [3.8, 4) is 11.5 Å². The summed E-state index contributed by atoms with van der Waals surface area (Å²) >= 11 is 0. The van der Waals surface area contributed by atoms with Crippen molar-refractivity contribution in [2.24, 2.45) is 0 Å². The number of benzene rings is 2. The minimum Gasteiger partial charge on any atom is -0.497 e. The van der Waals surface area contributed by atoms with Crippen LogP contribution in [0.25, 0.3) is 0 Å². The molecule has 3 fully saturated rings. The number of hydrogen-bond acceptors (Lipinski definition) is 7. The Labute approximate surface area is 199 Å². The van der Waals surface area contributed by atoms with Gasteiger partial charge in [-0.3, -0.25) is 19.9 Å². The number of carbonyl (C=O) groups excluding carboxylic acids is 2. The summed E-state index contributed by atoms with van der Waals surface area (Å²) in [7, 11) is 5.05. The van der Waals surface area contributed by atoms with Crippen LogP contribution >= 0.6 is 0 Å². The highest BCUT2D eigenvalue weighted by Crippen LogP contribution is 2.38. The van der Waals surface area contributed by atoms with Crippen molar-refractivity contribution in [2.45, 2.75) is 31.3 Å². The van der Waals surface area contributed by atoms with Gasteiger partial charge >= 0.3 is 6.03 Å². The molecule has 0 spiro atoms. The number of nitrogens with one attached hydrogen (secondary N) is 1. The normalized spacial score (nSPS) is 24.8. The SMILES string of the molecule is COc1ccc(OC)c(N2CCCN3C4C(=O)N(CCc5ccccc5)C(=O)N(C)C4NC23)c1. The van der Waals surface area contributed by atoms with E-state index in [0.29, 0.717) is 13.0 Å². The smallest absolute Gasteiger partial charge is 0.327 e. The first-order valence-corrected chi connectivity index (χ1v) is 11.7. The number of methoxy groups -OCH3 is 2. The Kier molecular flexibility index (Phi) is 6.05. The number of nitrogens with zero attached hydrogens (tertiary/aromatic N) is 4. The summed E-state index contributed by atoms with van der Waals surface area (Å²) in [6, 6.07) is 14.9. The van der Waals surface area contributed by atoms with Gasteiger partial charge in [0.2, 0.25) is 0 Å². The number of carbonyl (C=O) groups is 2. The molecule has 2 aromatic carbocycles. The van der Waals surface area contributed by atoms with Gasteiger partial charge in [0.25, 0.3) is 5.91 Å². The molecule has 0 aliphatic carbocycles. The molecule has 0 saturated carbocycles. The molecule has 3 aliphatic heterocycles. The third-order valence-corrected chi connectivity index (χ3v) is 7.03. The largest absolute Gasteiger partial charge is 0.497 e. The fourth-order valence-corrected chi connectivity index (χ4v) is 5.28. The van der Waals surface area contributed by atoms with E-state index in [0.717, 1.165) is 42.3 Å². The van der Waals surface area contributed by atoms with Crippen LogP contribution in [0.4, 0.5) is 10.5 Å². The van der Waals surface area contributed by atoms with Gasteiger partial charge in [0.1, 0.15) is 30.0 Å². The maximum Gasteiger partial charge on any atom is 0.327 e. The van der Waals surface area contributed by atoms with Gasteiger partial charge < -0.3 is 19.3 Å². The zero-order valence-electron chi connectivity index (χ0n) is 19.8. The molecule has 9 nitrogen and oxygen atoms in total. The van der Waals surface area contributed by atoms with Gasteiger partial charge in [-0.2, -0.15) is 0 Å². The van der Waals surface area contributed by atoms with Crippen LogP contribution in [0.15, 0.2) is 48.5 Å². The third kappa shape index (κ3) is 3.74. The van der Waals surface area contributed by atoms with Crippen LogP contribution in [0.1, 0.15) is 12.0 Å². The number of urea groups is 1. The highest BCUT2D eigenvalue weighted by atomic mass is 16.5. The van der Waals surface area contributed by atoms with Crippen LogP contribution in [-0.2, 0) is 11.2 Å². The topological polar surface area (TPSA) is 77.6 Å². The molecule has 34 heavy (non-hydrogen) atoms. The molecule has 3 unspecified atom stereocenters. The fraction of sp³-hybridized carbons (Fsp3) is 0.440. The van der Waals surface area contributed by atoms with Crippen LogP contribution in [0.3, 0.4) is 0 Å². The molecule has 180 valence electrons. The number of anilines is 1. The van der Waals surface area contributed by atoms with Crippen LogP contribution < -0.4 is 19.7 Å². The average molecular weight is 466 g/mol. The minimum atomic E-state index is -0.442. The Morgan fingerprint density at radius 1 is 1.03 bits per heavy atom. The molecule has 3 heterocycles. The van der Waals surface area contributed by atoms with Gasteiger partial charge in [-0.25, -0.2) is 4.79 Å². The molecule has 3 aliphatic rings. The van der Waals surface area contributed by atoms with Crippen molar-refractivity contribution in [2.75, 3.05) is 45.8 Å². The van der Waals surface area contributed by atoms with Gasteiger partial charge in [-0.15, -0.1) is 0 Å². The van der Waals surface area contributed by atoms with E-state index in [1.807, 2.05) is 48.5 Å². The van der Waals surface area contributed by atoms with E-state index in [1.165, 1.54) is 4.90 Å². The van der Waals surface area contributed by atoms with Gasteiger partial charge in [0, 0.05) is 32.7 Å². The molecule has 0 radical (unpaired) electrons.